The molecule has 72 valence electrons. The van der Waals surface area contributed by atoms with Crippen LogP contribution in [0.3, 0.4) is 0 Å². The minimum Gasteiger partial charge on any atom is -0.0654 e. The maximum atomic E-state index is 2.44. The SMILES string of the molecule is CCCC(C)C1C(C)C(C)C1C. The molecule has 0 radical (unpaired) electrons. The fraction of sp³-hybridized carbons (Fsp3) is 1.00. The van der Waals surface area contributed by atoms with Gasteiger partial charge in [0.2, 0.25) is 0 Å². The summed E-state index contributed by atoms with van der Waals surface area (Å²) in [6.45, 7) is 12.0. The fourth-order valence-electron chi connectivity index (χ4n) is 3.20. The summed E-state index contributed by atoms with van der Waals surface area (Å²) in [6, 6.07) is 0. The molecule has 1 rings (SSSR count). The quantitative estimate of drug-likeness (QED) is 0.598. The molecular weight excluding hydrogens is 144 g/mol. The molecule has 1 saturated carbocycles. The van der Waals surface area contributed by atoms with Crippen molar-refractivity contribution in [2.24, 2.45) is 29.6 Å². The highest BCUT2D eigenvalue weighted by molar-refractivity contribution is 4.92. The Morgan fingerprint density at radius 2 is 1.50 bits per heavy atom. The van der Waals surface area contributed by atoms with E-state index in [1.54, 1.807) is 0 Å². The van der Waals surface area contributed by atoms with E-state index < -0.39 is 0 Å². The van der Waals surface area contributed by atoms with Crippen LogP contribution in [-0.2, 0) is 0 Å². The molecular formula is C12H24. The van der Waals surface area contributed by atoms with E-state index >= 15 is 0 Å². The van der Waals surface area contributed by atoms with Gasteiger partial charge in [-0.3, -0.25) is 0 Å². The van der Waals surface area contributed by atoms with Crippen molar-refractivity contribution in [1.29, 1.82) is 0 Å². The minimum atomic E-state index is 0.955. The van der Waals surface area contributed by atoms with E-state index in [0.29, 0.717) is 0 Å². The fourth-order valence-corrected chi connectivity index (χ4v) is 3.20. The molecule has 3 unspecified atom stereocenters. The molecule has 0 heterocycles. The molecule has 0 aromatic carbocycles. The lowest BCUT2D eigenvalue weighted by atomic mass is 9.54. The Balaban J connectivity index is 2.42. The van der Waals surface area contributed by atoms with Crippen LogP contribution >= 0.6 is 0 Å². The van der Waals surface area contributed by atoms with Crippen molar-refractivity contribution in [3.8, 4) is 0 Å². The van der Waals surface area contributed by atoms with Crippen LogP contribution in [0.15, 0.2) is 0 Å². The lowest BCUT2D eigenvalue weighted by Gasteiger charge is -2.51. The molecule has 0 nitrogen and oxygen atoms in total. The summed E-state index contributed by atoms with van der Waals surface area (Å²) >= 11 is 0. The van der Waals surface area contributed by atoms with Gasteiger partial charge in [0.15, 0.2) is 0 Å². The second kappa shape index (κ2) is 3.81. The van der Waals surface area contributed by atoms with Crippen LogP contribution in [-0.4, -0.2) is 0 Å². The van der Waals surface area contributed by atoms with E-state index in [1.807, 2.05) is 0 Å². The van der Waals surface area contributed by atoms with E-state index in [-0.39, 0.29) is 0 Å². The smallest absolute Gasteiger partial charge is 0.0332 e. The number of hydrogen-bond acceptors (Lipinski definition) is 0. The maximum Gasteiger partial charge on any atom is -0.0332 e. The molecule has 0 bridgehead atoms. The predicted molar refractivity (Wildman–Crippen MR) is 55.1 cm³/mol. The molecule has 0 aromatic heterocycles. The second-order valence-corrected chi connectivity index (χ2v) is 4.92. The predicted octanol–water partition coefficient (Wildman–Crippen LogP) is 3.96. The number of hydrogen-bond donors (Lipinski definition) is 0. The minimum absolute atomic E-state index is 0.955. The Kier molecular flexibility index (Phi) is 3.20. The zero-order valence-electron chi connectivity index (χ0n) is 9.30. The largest absolute Gasteiger partial charge is 0.0654 e. The maximum absolute atomic E-state index is 2.44. The van der Waals surface area contributed by atoms with Crippen LogP contribution in [0.1, 0.15) is 47.5 Å². The summed E-state index contributed by atoms with van der Waals surface area (Å²) in [6.07, 6.45) is 2.78. The Hall–Kier alpha value is 0. The molecule has 12 heavy (non-hydrogen) atoms. The van der Waals surface area contributed by atoms with Crippen LogP contribution < -0.4 is 0 Å². The third-order valence-electron chi connectivity index (χ3n) is 4.27. The van der Waals surface area contributed by atoms with Gasteiger partial charge in [0.1, 0.15) is 0 Å². The standard InChI is InChI=1S/C12H24/c1-6-7-8(2)12-10(4)9(3)11(12)5/h8-12H,6-7H2,1-5H3. The molecule has 1 aliphatic carbocycles. The molecule has 0 N–H and O–H groups in total. The van der Waals surface area contributed by atoms with Gasteiger partial charge in [-0.05, 0) is 29.6 Å². The lowest BCUT2D eigenvalue weighted by molar-refractivity contribution is -0.0250. The van der Waals surface area contributed by atoms with Gasteiger partial charge in [-0.15, -0.1) is 0 Å². The van der Waals surface area contributed by atoms with Gasteiger partial charge in [-0.1, -0.05) is 47.5 Å². The van der Waals surface area contributed by atoms with Crippen molar-refractivity contribution in [3.63, 3.8) is 0 Å². The van der Waals surface area contributed by atoms with Gasteiger partial charge in [0.25, 0.3) is 0 Å². The zero-order chi connectivity index (χ0) is 9.30. The van der Waals surface area contributed by atoms with Gasteiger partial charge in [0.05, 0.1) is 0 Å². The lowest BCUT2D eigenvalue weighted by Crippen LogP contribution is -2.45. The van der Waals surface area contributed by atoms with E-state index in [4.69, 9.17) is 0 Å². The van der Waals surface area contributed by atoms with E-state index in [2.05, 4.69) is 34.6 Å². The van der Waals surface area contributed by atoms with Crippen molar-refractivity contribution in [2.45, 2.75) is 47.5 Å². The molecule has 0 aromatic rings. The first-order chi connectivity index (χ1) is 5.59. The average Bonchev–Trinajstić information content (AvgIpc) is 2.05. The Labute approximate surface area is 77.7 Å². The van der Waals surface area contributed by atoms with Crippen LogP contribution in [0.5, 0.6) is 0 Å². The van der Waals surface area contributed by atoms with Crippen LogP contribution in [0.25, 0.3) is 0 Å². The third kappa shape index (κ3) is 1.53. The van der Waals surface area contributed by atoms with Gasteiger partial charge < -0.3 is 0 Å². The first-order valence-corrected chi connectivity index (χ1v) is 5.59. The molecule has 3 atom stereocenters. The zero-order valence-corrected chi connectivity index (χ0v) is 9.30. The highest BCUT2D eigenvalue weighted by atomic mass is 14.5. The topological polar surface area (TPSA) is 0 Å². The summed E-state index contributed by atoms with van der Waals surface area (Å²) in [5.74, 6) is 4.88. The van der Waals surface area contributed by atoms with Crippen LogP contribution in [0.4, 0.5) is 0 Å². The van der Waals surface area contributed by atoms with E-state index in [1.165, 1.54) is 12.8 Å². The summed E-state index contributed by atoms with van der Waals surface area (Å²) in [4.78, 5) is 0. The van der Waals surface area contributed by atoms with Gasteiger partial charge >= 0.3 is 0 Å². The Bertz CT molecular complexity index is 129. The highest BCUT2D eigenvalue weighted by Crippen LogP contribution is 2.49. The van der Waals surface area contributed by atoms with Crippen molar-refractivity contribution < 1.29 is 0 Å². The van der Waals surface area contributed by atoms with Crippen molar-refractivity contribution in [3.05, 3.63) is 0 Å². The van der Waals surface area contributed by atoms with E-state index in [0.717, 1.165) is 29.6 Å². The second-order valence-electron chi connectivity index (χ2n) is 4.92. The van der Waals surface area contributed by atoms with Crippen molar-refractivity contribution in [2.75, 3.05) is 0 Å². The average molecular weight is 168 g/mol. The molecule has 1 aliphatic rings. The molecule has 0 heteroatoms. The Morgan fingerprint density at radius 3 is 1.92 bits per heavy atom. The molecule has 0 saturated heterocycles. The van der Waals surface area contributed by atoms with Gasteiger partial charge in [-0.2, -0.15) is 0 Å². The van der Waals surface area contributed by atoms with Crippen LogP contribution in [0.2, 0.25) is 0 Å². The van der Waals surface area contributed by atoms with Gasteiger partial charge in [-0.25, -0.2) is 0 Å². The van der Waals surface area contributed by atoms with Crippen molar-refractivity contribution in [1.82, 2.24) is 0 Å². The number of rotatable bonds is 3. The third-order valence-corrected chi connectivity index (χ3v) is 4.27. The summed E-state index contributed by atoms with van der Waals surface area (Å²) in [5.41, 5.74) is 0. The van der Waals surface area contributed by atoms with Crippen LogP contribution in [0, 0.1) is 29.6 Å². The van der Waals surface area contributed by atoms with E-state index in [9.17, 15) is 0 Å². The highest BCUT2D eigenvalue weighted by Gasteiger charge is 2.43. The molecule has 1 fully saturated rings. The van der Waals surface area contributed by atoms with Gasteiger partial charge in [0, 0.05) is 0 Å². The first kappa shape index (κ1) is 10.1. The van der Waals surface area contributed by atoms with Crippen molar-refractivity contribution >= 4 is 0 Å². The first-order valence-electron chi connectivity index (χ1n) is 5.59. The molecule has 0 amide bonds. The monoisotopic (exact) mass is 168 g/mol. The summed E-state index contributed by atoms with van der Waals surface area (Å²) < 4.78 is 0. The normalized spacial score (nSPS) is 43.8. The molecule has 0 aliphatic heterocycles. The summed E-state index contributed by atoms with van der Waals surface area (Å²) in [7, 11) is 0. The molecule has 0 spiro atoms. The Morgan fingerprint density at radius 1 is 1.00 bits per heavy atom. The summed E-state index contributed by atoms with van der Waals surface area (Å²) in [5, 5.41) is 0.